The summed E-state index contributed by atoms with van der Waals surface area (Å²) in [4.78, 5) is 2.47. The molecule has 4 heteroatoms. The Kier molecular flexibility index (Phi) is 4.01. The van der Waals surface area contributed by atoms with Gasteiger partial charge in [0.05, 0.1) is 19.3 Å². The van der Waals surface area contributed by atoms with Crippen LogP contribution in [0.25, 0.3) is 0 Å². The minimum absolute atomic E-state index is 0.248. The van der Waals surface area contributed by atoms with E-state index < -0.39 is 0 Å². The Morgan fingerprint density at radius 3 is 2.90 bits per heavy atom. The zero-order valence-corrected chi connectivity index (χ0v) is 12.4. The molecule has 0 aliphatic carbocycles. The van der Waals surface area contributed by atoms with Crippen LogP contribution in [-0.4, -0.2) is 39.4 Å². The van der Waals surface area contributed by atoms with E-state index in [0.717, 1.165) is 43.6 Å². The first-order valence-corrected chi connectivity index (χ1v) is 7.56. The molecule has 0 saturated carbocycles. The van der Waals surface area contributed by atoms with Crippen LogP contribution in [0.3, 0.4) is 0 Å². The van der Waals surface area contributed by atoms with Crippen LogP contribution < -0.4 is 19.7 Å². The number of ether oxygens (including phenoxy) is 2. The van der Waals surface area contributed by atoms with Crippen LogP contribution in [0.1, 0.15) is 19.8 Å². The Labute approximate surface area is 121 Å². The first-order valence-electron chi connectivity index (χ1n) is 7.56. The van der Waals surface area contributed by atoms with Gasteiger partial charge in [0.1, 0.15) is 17.6 Å². The number of fused-ring (bicyclic) bond motifs is 1. The van der Waals surface area contributed by atoms with Gasteiger partial charge in [0, 0.05) is 12.6 Å². The molecule has 0 spiro atoms. The molecule has 2 aliphatic rings. The molecule has 3 rings (SSSR count). The monoisotopic (exact) mass is 276 g/mol. The number of nitrogens with one attached hydrogen (secondary N) is 1. The van der Waals surface area contributed by atoms with Crippen molar-refractivity contribution >= 4 is 5.69 Å². The summed E-state index contributed by atoms with van der Waals surface area (Å²) in [5.74, 6) is 2.66. The van der Waals surface area contributed by atoms with Gasteiger partial charge in [-0.25, -0.2) is 0 Å². The molecule has 1 saturated heterocycles. The van der Waals surface area contributed by atoms with E-state index in [1.165, 1.54) is 18.5 Å². The lowest BCUT2D eigenvalue weighted by molar-refractivity contribution is 0.207. The maximum Gasteiger partial charge on any atom is 0.143 e. The lowest BCUT2D eigenvalue weighted by atomic mass is 9.97. The fraction of sp³-hybridized carbons (Fsp3) is 0.625. The van der Waals surface area contributed by atoms with Crippen molar-refractivity contribution in [2.24, 2.45) is 5.92 Å². The molecule has 4 nitrogen and oxygen atoms in total. The molecule has 1 fully saturated rings. The molecule has 0 bridgehead atoms. The molecule has 20 heavy (non-hydrogen) atoms. The molecule has 2 heterocycles. The van der Waals surface area contributed by atoms with Crippen LogP contribution in [0.5, 0.6) is 11.5 Å². The molecule has 0 aromatic heterocycles. The second-order valence-electron chi connectivity index (χ2n) is 5.86. The van der Waals surface area contributed by atoms with Gasteiger partial charge in [-0.1, -0.05) is 0 Å². The van der Waals surface area contributed by atoms with E-state index in [1.54, 1.807) is 7.11 Å². The third-order valence-electron chi connectivity index (χ3n) is 4.25. The van der Waals surface area contributed by atoms with Gasteiger partial charge in [-0.15, -0.1) is 0 Å². The van der Waals surface area contributed by atoms with Crippen LogP contribution in [0.2, 0.25) is 0 Å². The predicted octanol–water partition coefficient (Wildman–Crippen LogP) is 2.28. The lowest BCUT2D eigenvalue weighted by Crippen LogP contribution is -2.43. The number of methoxy groups -OCH3 is 1. The second-order valence-corrected chi connectivity index (χ2v) is 5.86. The zero-order valence-electron chi connectivity index (χ0n) is 12.4. The fourth-order valence-electron chi connectivity index (χ4n) is 3.18. The van der Waals surface area contributed by atoms with Gasteiger partial charge in [-0.3, -0.25) is 0 Å². The van der Waals surface area contributed by atoms with Crippen molar-refractivity contribution in [2.45, 2.75) is 25.9 Å². The molecule has 1 aromatic carbocycles. The van der Waals surface area contributed by atoms with E-state index in [-0.39, 0.29) is 6.10 Å². The summed E-state index contributed by atoms with van der Waals surface area (Å²) in [5.41, 5.74) is 1.18. The van der Waals surface area contributed by atoms with Crippen molar-refractivity contribution in [3.05, 3.63) is 18.2 Å². The van der Waals surface area contributed by atoms with Crippen molar-refractivity contribution in [3.63, 3.8) is 0 Å². The smallest absolute Gasteiger partial charge is 0.143 e. The van der Waals surface area contributed by atoms with Gasteiger partial charge in [0.2, 0.25) is 0 Å². The van der Waals surface area contributed by atoms with E-state index in [4.69, 9.17) is 9.47 Å². The highest BCUT2D eigenvalue weighted by molar-refractivity contribution is 5.63. The van der Waals surface area contributed by atoms with E-state index in [0.29, 0.717) is 0 Å². The lowest BCUT2D eigenvalue weighted by Gasteiger charge is -2.38. The van der Waals surface area contributed by atoms with Crippen LogP contribution in [0, 0.1) is 5.92 Å². The van der Waals surface area contributed by atoms with Gasteiger partial charge < -0.3 is 19.7 Å². The molecule has 2 aliphatic heterocycles. The van der Waals surface area contributed by atoms with Crippen molar-refractivity contribution in [3.8, 4) is 11.5 Å². The summed E-state index contributed by atoms with van der Waals surface area (Å²) in [6.07, 6.45) is 2.79. The van der Waals surface area contributed by atoms with Crippen LogP contribution in [-0.2, 0) is 0 Å². The van der Waals surface area contributed by atoms with Crippen LogP contribution >= 0.6 is 0 Å². The van der Waals surface area contributed by atoms with Gasteiger partial charge in [-0.2, -0.15) is 0 Å². The number of rotatable bonds is 3. The number of piperidine rings is 1. The summed E-state index contributed by atoms with van der Waals surface area (Å²) < 4.78 is 11.3. The number of nitrogens with zero attached hydrogens (tertiary/aromatic N) is 1. The van der Waals surface area contributed by atoms with E-state index in [2.05, 4.69) is 23.2 Å². The highest BCUT2D eigenvalue weighted by Gasteiger charge is 2.26. The third-order valence-corrected chi connectivity index (χ3v) is 4.25. The standard InChI is InChI=1S/C16H24N2O2/c1-12-10-18(11-13-5-7-17-8-6-13)15-9-14(19-2)3-4-16(15)20-12/h3-4,9,12-13,17H,5-8,10-11H2,1-2H3/t12-/m0/s1. The topological polar surface area (TPSA) is 33.7 Å². The molecule has 0 radical (unpaired) electrons. The quantitative estimate of drug-likeness (QED) is 0.918. The van der Waals surface area contributed by atoms with Gasteiger partial charge in [0.15, 0.2) is 0 Å². The van der Waals surface area contributed by atoms with Crippen molar-refractivity contribution in [1.82, 2.24) is 5.32 Å². The second kappa shape index (κ2) is 5.92. The Hall–Kier alpha value is -1.42. The summed E-state index contributed by atoms with van der Waals surface area (Å²) in [7, 11) is 1.71. The molecule has 0 amide bonds. The fourth-order valence-corrected chi connectivity index (χ4v) is 3.18. The Morgan fingerprint density at radius 1 is 1.35 bits per heavy atom. The first kappa shape index (κ1) is 13.6. The van der Waals surface area contributed by atoms with Crippen LogP contribution in [0.15, 0.2) is 18.2 Å². The molecule has 1 aromatic rings. The third kappa shape index (κ3) is 2.85. The average molecular weight is 276 g/mol. The maximum atomic E-state index is 5.94. The Morgan fingerprint density at radius 2 is 2.15 bits per heavy atom. The summed E-state index contributed by atoms with van der Waals surface area (Å²) >= 11 is 0. The minimum Gasteiger partial charge on any atom is -0.497 e. The Bertz CT molecular complexity index is 458. The minimum atomic E-state index is 0.248. The van der Waals surface area contributed by atoms with Crippen LogP contribution in [0.4, 0.5) is 5.69 Å². The normalized spacial score (nSPS) is 23.1. The zero-order chi connectivity index (χ0) is 13.9. The number of hydrogen-bond donors (Lipinski definition) is 1. The molecule has 110 valence electrons. The van der Waals surface area contributed by atoms with Crippen molar-refractivity contribution in [1.29, 1.82) is 0 Å². The number of anilines is 1. The highest BCUT2D eigenvalue weighted by atomic mass is 16.5. The summed E-state index contributed by atoms with van der Waals surface area (Å²) in [6, 6.07) is 6.10. The van der Waals surface area contributed by atoms with E-state index in [1.807, 2.05) is 12.1 Å². The molecular weight excluding hydrogens is 252 g/mol. The molecular formula is C16H24N2O2. The average Bonchev–Trinajstić information content (AvgIpc) is 2.48. The first-order chi connectivity index (χ1) is 9.76. The molecule has 1 atom stereocenters. The van der Waals surface area contributed by atoms with Crippen molar-refractivity contribution < 1.29 is 9.47 Å². The summed E-state index contributed by atoms with van der Waals surface area (Å²) in [5, 5.41) is 3.43. The molecule has 0 unspecified atom stereocenters. The maximum absolute atomic E-state index is 5.94. The number of hydrogen-bond acceptors (Lipinski definition) is 4. The van der Waals surface area contributed by atoms with Gasteiger partial charge >= 0.3 is 0 Å². The van der Waals surface area contributed by atoms with Gasteiger partial charge in [-0.05, 0) is 50.9 Å². The van der Waals surface area contributed by atoms with Gasteiger partial charge in [0.25, 0.3) is 0 Å². The molecule has 1 N–H and O–H groups in total. The number of benzene rings is 1. The van der Waals surface area contributed by atoms with Crippen molar-refractivity contribution in [2.75, 3.05) is 38.2 Å². The van der Waals surface area contributed by atoms with E-state index in [9.17, 15) is 0 Å². The highest BCUT2D eigenvalue weighted by Crippen LogP contribution is 2.37. The SMILES string of the molecule is COc1ccc2c(c1)N(CC1CCNCC1)C[C@H](C)O2. The summed E-state index contributed by atoms with van der Waals surface area (Å²) in [6.45, 7) is 6.52. The predicted molar refractivity (Wildman–Crippen MR) is 80.9 cm³/mol. The largest absolute Gasteiger partial charge is 0.497 e. The van der Waals surface area contributed by atoms with E-state index >= 15 is 0 Å². The Balaban J connectivity index is 1.80.